The smallest absolute Gasteiger partial charge is 0.0793 e. The maximum absolute atomic E-state index is 9.94. The van der Waals surface area contributed by atoms with Crippen LogP contribution in [0.3, 0.4) is 0 Å². The van der Waals surface area contributed by atoms with Crippen molar-refractivity contribution >= 4 is 0 Å². The Hall–Kier alpha value is -0.860. The molecule has 0 radical (unpaired) electrons. The number of hydrogen-bond donors (Lipinski definition) is 2. The molecule has 1 unspecified atom stereocenters. The second-order valence-electron chi connectivity index (χ2n) is 4.10. The summed E-state index contributed by atoms with van der Waals surface area (Å²) in [5.74, 6) is 0. The van der Waals surface area contributed by atoms with Crippen LogP contribution in [0.25, 0.3) is 0 Å². The Morgan fingerprint density at radius 1 is 1.13 bits per heavy atom. The van der Waals surface area contributed by atoms with Gasteiger partial charge >= 0.3 is 0 Å². The lowest BCUT2D eigenvalue weighted by molar-refractivity contribution is 0.151. The molecule has 0 heterocycles. The third-order valence-electron chi connectivity index (χ3n) is 3.09. The zero-order valence-corrected chi connectivity index (χ0v) is 9.75. The predicted molar refractivity (Wildman–Crippen MR) is 61.9 cm³/mol. The first-order chi connectivity index (χ1) is 7.07. The molecule has 1 aromatic rings. The minimum absolute atomic E-state index is 0.140. The maximum Gasteiger partial charge on any atom is 0.0793 e. The highest BCUT2D eigenvalue weighted by Crippen LogP contribution is 2.25. The SMILES string of the molecule is Cc1ccc(C(O)CCCO)c(C)c1C. The minimum Gasteiger partial charge on any atom is -0.396 e. The van der Waals surface area contributed by atoms with Crippen LogP contribution in [0.4, 0.5) is 0 Å². The van der Waals surface area contributed by atoms with E-state index in [9.17, 15) is 5.11 Å². The van der Waals surface area contributed by atoms with Crippen LogP contribution in [0.1, 0.15) is 41.2 Å². The van der Waals surface area contributed by atoms with Gasteiger partial charge in [-0.2, -0.15) is 0 Å². The first-order valence-corrected chi connectivity index (χ1v) is 5.43. The Balaban J connectivity index is 2.90. The van der Waals surface area contributed by atoms with Crippen molar-refractivity contribution in [3.05, 3.63) is 34.4 Å². The molecule has 0 bridgehead atoms. The van der Waals surface area contributed by atoms with Gasteiger partial charge in [-0.25, -0.2) is 0 Å². The van der Waals surface area contributed by atoms with E-state index in [0.717, 1.165) is 5.56 Å². The fourth-order valence-electron chi connectivity index (χ4n) is 1.78. The third-order valence-corrected chi connectivity index (χ3v) is 3.09. The van der Waals surface area contributed by atoms with Crippen molar-refractivity contribution in [2.75, 3.05) is 6.61 Å². The molecule has 0 fully saturated rings. The van der Waals surface area contributed by atoms with Gasteiger partial charge in [0, 0.05) is 6.61 Å². The van der Waals surface area contributed by atoms with Crippen LogP contribution in [0.15, 0.2) is 12.1 Å². The van der Waals surface area contributed by atoms with Crippen LogP contribution in [0.5, 0.6) is 0 Å². The van der Waals surface area contributed by atoms with E-state index in [0.29, 0.717) is 12.8 Å². The Morgan fingerprint density at radius 2 is 1.80 bits per heavy atom. The van der Waals surface area contributed by atoms with E-state index in [2.05, 4.69) is 13.8 Å². The molecular formula is C13H20O2. The monoisotopic (exact) mass is 208 g/mol. The van der Waals surface area contributed by atoms with Gasteiger partial charge in [-0.15, -0.1) is 0 Å². The van der Waals surface area contributed by atoms with E-state index in [1.54, 1.807) is 0 Å². The molecule has 0 saturated carbocycles. The van der Waals surface area contributed by atoms with Crippen molar-refractivity contribution in [3.8, 4) is 0 Å². The maximum atomic E-state index is 9.94. The van der Waals surface area contributed by atoms with E-state index < -0.39 is 6.10 Å². The fraction of sp³-hybridized carbons (Fsp3) is 0.538. The number of benzene rings is 1. The van der Waals surface area contributed by atoms with Crippen molar-refractivity contribution in [2.24, 2.45) is 0 Å². The summed E-state index contributed by atoms with van der Waals surface area (Å²) in [6.45, 7) is 6.33. The van der Waals surface area contributed by atoms with Gasteiger partial charge < -0.3 is 10.2 Å². The second kappa shape index (κ2) is 5.29. The third kappa shape index (κ3) is 2.80. The van der Waals surface area contributed by atoms with Crippen molar-refractivity contribution in [1.82, 2.24) is 0 Å². The standard InChI is InChI=1S/C13H20O2/c1-9-6-7-12(11(3)10(9)2)13(15)5-4-8-14/h6-7,13-15H,4-5,8H2,1-3H3. The number of aryl methyl sites for hydroxylation is 1. The minimum atomic E-state index is -0.448. The molecule has 1 rings (SSSR count). The van der Waals surface area contributed by atoms with Crippen LogP contribution in [-0.4, -0.2) is 16.8 Å². The molecule has 1 aromatic carbocycles. The molecule has 0 aliphatic carbocycles. The molecule has 2 nitrogen and oxygen atoms in total. The number of hydrogen-bond acceptors (Lipinski definition) is 2. The van der Waals surface area contributed by atoms with Gasteiger partial charge in [0.15, 0.2) is 0 Å². The molecule has 1 atom stereocenters. The molecule has 2 N–H and O–H groups in total. The van der Waals surface area contributed by atoms with Gasteiger partial charge in [0.05, 0.1) is 6.10 Å². The largest absolute Gasteiger partial charge is 0.396 e. The lowest BCUT2D eigenvalue weighted by Gasteiger charge is -2.16. The predicted octanol–water partition coefficient (Wildman–Crippen LogP) is 2.42. The van der Waals surface area contributed by atoms with Gasteiger partial charge in [-0.3, -0.25) is 0 Å². The average molecular weight is 208 g/mol. The second-order valence-corrected chi connectivity index (χ2v) is 4.10. The molecule has 0 saturated heterocycles. The van der Waals surface area contributed by atoms with Crippen LogP contribution in [0, 0.1) is 20.8 Å². The molecule has 0 aromatic heterocycles. The van der Waals surface area contributed by atoms with Crippen molar-refractivity contribution in [2.45, 2.75) is 39.7 Å². The fourth-order valence-corrected chi connectivity index (χ4v) is 1.78. The Bertz CT molecular complexity index is 332. The topological polar surface area (TPSA) is 40.5 Å². The van der Waals surface area contributed by atoms with Gasteiger partial charge in [-0.1, -0.05) is 12.1 Å². The molecule has 84 valence electrons. The first-order valence-electron chi connectivity index (χ1n) is 5.43. The zero-order chi connectivity index (χ0) is 11.4. The summed E-state index contributed by atoms with van der Waals surface area (Å²) in [5, 5.41) is 18.7. The van der Waals surface area contributed by atoms with Crippen LogP contribution < -0.4 is 0 Å². The molecule has 0 aliphatic rings. The molecule has 15 heavy (non-hydrogen) atoms. The summed E-state index contributed by atoms with van der Waals surface area (Å²) < 4.78 is 0. The van der Waals surface area contributed by atoms with Gasteiger partial charge in [0.25, 0.3) is 0 Å². The summed E-state index contributed by atoms with van der Waals surface area (Å²) in [6.07, 6.45) is 0.823. The first kappa shape index (κ1) is 12.2. The van der Waals surface area contributed by atoms with E-state index >= 15 is 0 Å². The molecule has 0 amide bonds. The highest BCUT2D eigenvalue weighted by atomic mass is 16.3. The highest BCUT2D eigenvalue weighted by molar-refractivity contribution is 5.39. The summed E-state index contributed by atoms with van der Waals surface area (Å²) in [7, 11) is 0. The van der Waals surface area contributed by atoms with Gasteiger partial charge in [0.1, 0.15) is 0 Å². The van der Waals surface area contributed by atoms with Crippen molar-refractivity contribution < 1.29 is 10.2 Å². The van der Waals surface area contributed by atoms with Crippen LogP contribution >= 0.6 is 0 Å². The van der Waals surface area contributed by atoms with Gasteiger partial charge in [-0.05, 0) is 55.9 Å². The molecular weight excluding hydrogens is 188 g/mol. The summed E-state index contributed by atoms with van der Waals surface area (Å²) in [6, 6.07) is 4.03. The van der Waals surface area contributed by atoms with Crippen LogP contribution in [0.2, 0.25) is 0 Å². The van der Waals surface area contributed by atoms with E-state index in [1.165, 1.54) is 16.7 Å². The number of aliphatic hydroxyl groups is 2. The van der Waals surface area contributed by atoms with Crippen molar-refractivity contribution in [1.29, 1.82) is 0 Å². The normalized spacial score (nSPS) is 12.9. The van der Waals surface area contributed by atoms with E-state index in [-0.39, 0.29) is 6.61 Å². The number of rotatable bonds is 4. The quantitative estimate of drug-likeness (QED) is 0.797. The summed E-state index contributed by atoms with van der Waals surface area (Å²) in [4.78, 5) is 0. The lowest BCUT2D eigenvalue weighted by Crippen LogP contribution is -2.03. The van der Waals surface area contributed by atoms with Crippen LogP contribution in [-0.2, 0) is 0 Å². The number of aliphatic hydroxyl groups excluding tert-OH is 2. The molecule has 2 heteroatoms. The Labute approximate surface area is 91.6 Å². The van der Waals surface area contributed by atoms with Crippen molar-refractivity contribution in [3.63, 3.8) is 0 Å². The summed E-state index contributed by atoms with van der Waals surface area (Å²) in [5.41, 5.74) is 4.66. The summed E-state index contributed by atoms with van der Waals surface area (Å²) >= 11 is 0. The lowest BCUT2D eigenvalue weighted by atomic mass is 9.94. The molecule has 0 spiro atoms. The Morgan fingerprint density at radius 3 is 2.40 bits per heavy atom. The highest BCUT2D eigenvalue weighted by Gasteiger charge is 2.11. The molecule has 0 aliphatic heterocycles. The zero-order valence-electron chi connectivity index (χ0n) is 9.75. The average Bonchev–Trinajstić information content (AvgIpc) is 2.23. The Kier molecular flexibility index (Phi) is 4.30. The van der Waals surface area contributed by atoms with E-state index in [4.69, 9.17) is 5.11 Å². The van der Waals surface area contributed by atoms with Gasteiger partial charge in [0.2, 0.25) is 0 Å². The van der Waals surface area contributed by atoms with E-state index in [1.807, 2.05) is 19.1 Å².